The Hall–Kier alpha value is -4.23. The fourth-order valence-corrected chi connectivity index (χ4v) is 3.83. The minimum Gasteiger partial charge on any atom is -0.381 e. The normalized spacial score (nSPS) is 11.6. The number of likely N-dealkylation sites (N-methyl/N-ethyl adjacent to an activating group) is 1. The molecule has 0 unspecified atom stereocenters. The van der Waals surface area contributed by atoms with Crippen LogP contribution in [0.25, 0.3) is 11.3 Å². The predicted molar refractivity (Wildman–Crippen MR) is 143 cm³/mol. The van der Waals surface area contributed by atoms with Gasteiger partial charge in [-0.1, -0.05) is 54.6 Å². The van der Waals surface area contributed by atoms with Crippen LogP contribution in [0.4, 0.5) is 15.8 Å². The third-order valence-corrected chi connectivity index (χ3v) is 6.01. The lowest BCUT2D eigenvalue weighted by atomic mass is 10.1. The molecule has 0 saturated heterocycles. The number of nitrogens with zero attached hydrogens (tertiary/aromatic N) is 1. The van der Waals surface area contributed by atoms with E-state index < -0.39 is 6.04 Å². The number of carbonyl (C=O) groups excluding carboxylic acids is 1. The van der Waals surface area contributed by atoms with Gasteiger partial charge in [0.2, 0.25) is 5.91 Å². The Kier molecular flexibility index (Phi) is 7.92. The number of aromatic nitrogens is 1. The molecule has 0 radical (unpaired) electrons. The van der Waals surface area contributed by atoms with Crippen LogP contribution in [-0.2, 0) is 17.9 Å². The van der Waals surface area contributed by atoms with Gasteiger partial charge in [-0.2, -0.15) is 0 Å². The highest BCUT2D eigenvalue weighted by Gasteiger charge is 2.16. The smallest absolute Gasteiger partial charge is 0.275 e. The summed E-state index contributed by atoms with van der Waals surface area (Å²) < 4.78 is 14.9. The molecular formula is C29H29FN4O2. The summed E-state index contributed by atoms with van der Waals surface area (Å²) in [4.78, 5) is 25.9. The highest BCUT2D eigenvalue weighted by atomic mass is 19.1. The third-order valence-electron chi connectivity index (χ3n) is 6.01. The Labute approximate surface area is 209 Å². The van der Waals surface area contributed by atoms with Crippen LogP contribution < -0.4 is 21.5 Å². The molecular weight excluding hydrogens is 455 g/mol. The molecule has 1 atom stereocenters. The number of rotatable bonds is 9. The first-order valence-electron chi connectivity index (χ1n) is 11.8. The maximum absolute atomic E-state index is 13.5. The molecule has 0 bridgehead atoms. The van der Waals surface area contributed by atoms with Crippen LogP contribution in [0, 0.1) is 5.82 Å². The summed E-state index contributed by atoms with van der Waals surface area (Å²) in [5, 5.41) is 8.98. The van der Waals surface area contributed by atoms with E-state index in [-0.39, 0.29) is 23.0 Å². The van der Waals surface area contributed by atoms with Gasteiger partial charge in [-0.25, -0.2) is 4.39 Å². The van der Waals surface area contributed by atoms with Crippen LogP contribution in [0.2, 0.25) is 0 Å². The van der Waals surface area contributed by atoms with Crippen LogP contribution >= 0.6 is 0 Å². The molecule has 4 aromatic rings. The number of hydrogen-bond acceptors (Lipinski definition) is 4. The molecule has 36 heavy (non-hydrogen) atoms. The van der Waals surface area contributed by atoms with Crippen molar-refractivity contribution in [2.24, 2.45) is 0 Å². The summed E-state index contributed by atoms with van der Waals surface area (Å²) >= 11 is 0. The molecule has 1 aromatic heterocycles. The number of benzene rings is 3. The van der Waals surface area contributed by atoms with Crippen molar-refractivity contribution in [3.05, 3.63) is 118 Å². The highest BCUT2D eigenvalue weighted by molar-refractivity contribution is 5.94. The van der Waals surface area contributed by atoms with Crippen LogP contribution in [-0.4, -0.2) is 23.6 Å². The van der Waals surface area contributed by atoms with E-state index in [0.717, 1.165) is 28.1 Å². The fourth-order valence-electron chi connectivity index (χ4n) is 3.83. The molecule has 4 rings (SSSR count). The molecule has 0 aliphatic carbocycles. The van der Waals surface area contributed by atoms with Crippen molar-refractivity contribution >= 4 is 17.3 Å². The number of anilines is 2. The second kappa shape index (κ2) is 11.5. The van der Waals surface area contributed by atoms with Gasteiger partial charge in [0, 0.05) is 12.2 Å². The Bertz CT molecular complexity index is 1380. The largest absolute Gasteiger partial charge is 0.381 e. The van der Waals surface area contributed by atoms with Crippen molar-refractivity contribution < 1.29 is 9.18 Å². The minimum absolute atomic E-state index is 0.229. The third kappa shape index (κ3) is 6.06. The first-order chi connectivity index (χ1) is 17.4. The van der Waals surface area contributed by atoms with Crippen LogP contribution in [0.15, 0.2) is 95.8 Å². The number of amides is 1. The molecule has 0 fully saturated rings. The molecule has 7 heteroatoms. The second-order valence-electron chi connectivity index (χ2n) is 8.57. The summed E-state index contributed by atoms with van der Waals surface area (Å²) in [5.41, 5.74) is 4.38. The molecule has 6 nitrogen and oxygen atoms in total. The number of pyridine rings is 1. The van der Waals surface area contributed by atoms with Crippen LogP contribution in [0.1, 0.15) is 18.1 Å². The lowest BCUT2D eigenvalue weighted by Gasteiger charge is -2.17. The van der Waals surface area contributed by atoms with Crippen molar-refractivity contribution in [2.45, 2.75) is 26.1 Å². The molecule has 0 saturated carbocycles. The van der Waals surface area contributed by atoms with Crippen molar-refractivity contribution in [3.8, 4) is 11.3 Å². The molecule has 3 aromatic carbocycles. The molecule has 3 N–H and O–H groups in total. The standard InChI is InChI=1S/C29H29FN4O2/c1-20(31-2)28(35)33-26-15-16-27(23-8-4-3-5-9-23)34(29(26)36)19-22-7-6-10-25(17-22)32-18-21-11-13-24(30)14-12-21/h3-17,20,31-32H,18-19H2,1-2H3,(H,33,35)/t20-/m0/s1. The molecule has 0 aliphatic rings. The average molecular weight is 485 g/mol. The fraction of sp³-hybridized carbons (Fsp3) is 0.172. The van der Waals surface area contributed by atoms with Gasteiger partial charge < -0.3 is 20.5 Å². The topological polar surface area (TPSA) is 75.2 Å². The Morgan fingerprint density at radius 3 is 2.39 bits per heavy atom. The summed E-state index contributed by atoms with van der Waals surface area (Å²) in [6.45, 7) is 2.60. The van der Waals surface area contributed by atoms with E-state index in [4.69, 9.17) is 0 Å². The molecule has 0 aliphatic heterocycles. The Balaban J connectivity index is 1.63. The number of carbonyl (C=O) groups is 1. The molecule has 1 amide bonds. The van der Waals surface area contributed by atoms with Gasteiger partial charge >= 0.3 is 0 Å². The zero-order valence-corrected chi connectivity index (χ0v) is 20.3. The number of nitrogens with one attached hydrogen (secondary N) is 3. The summed E-state index contributed by atoms with van der Waals surface area (Å²) in [6, 6.07) is 26.9. The predicted octanol–water partition coefficient (Wildman–Crippen LogP) is 4.86. The van der Waals surface area contributed by atoms with E-state index in [1.54, 1.807) is 36.7 Å². The molecule has 184 valence electrons. The first-order valence-corrected chi connectivity index (χ1v) is 11.8. The Morgan fingerprint density at radius 1 is 0.917 bits per heavy atom. The highest BCUT2D eigenvalue weighted by Crippen LogP contribution is 2.21. The van der Waals surface area contributed by atoms with Crippen molar-refractivity contribution in [2.75, 3.05) is 17.7 Å². The van der Waals surface area contributed by atoms with Crippen LogP contribution in [0.3, 0.4) is 0 Å². The lowest BCUT2D eigenvalue weighted by molar-refractivity contribution is -0.117. The van der Waals surface area contributed by atoms with Crippen molar-refractivity contribution in [1.29, 1.82) is 0 Å². The van der Waals surface area contributed by atoms with Gasteiger partial charge in [0.05, 0.1) is 18.3 Å². The van der Waals surface area contributed by atoms with Gasteiger partial charge in [-0.3, -0.25) is 9.59 Å². The van der Waals surface area contributed by atoms with Gasteiger partial charge in [0.1, 0.15) is 11.5 Å². The second-order valence-corrected chi connectivity index (χ2v) is 8.57. The van der Waals surface area contributed by atoms with E-state index in [1.165, 1.54) is 12.1 Å². The minimum atomic E-state index is -0.435. The van der Waals surface area contributed by atoms with E-state index >= 15 is 0 Å². The van der Waals surface area contributed by atoms with E-state index in [9.17, 15) is 14.0 Å². The average Bonchev–Trinajstić information content (AvgIpc) is 2.91. The van der Waals surface area contributed by atoms with E-state index in [1.807, 2.05) is 60.7 Å². The zero-order chi connectivity index (χ0) is 25.5. The van der Waals surface area contributed by atoms with Gasteiger partial charge in [-0.05, 0) is 67.1 Å². The van der Waals surface area contributed by atoms with Gasteiger partial charge in [0.15, 0.2) is 0 Å². The van der Waals surface area contributed by atoms with Gasteiger partial charge in [-0.15, -0.1) is 0 Å². The molecule has 0 spiro atoms. The number of hydrogen-bond donors (Lipinski definition) is 3. The van der Waals surface area contributed by atoms with Crippen molar-refractivity contribution in [1.82, 2.24) is 9.88 Å². The summed E-state index contributed by atoms with van der Waals surface area (Å²) in [5.74, 6) is -0.542. The van der Waals surface area contributed by atoms with Crippen LogP contribution in [0.5, 0.6) is 0 Å². The maximum Gasteiger partial charge on any atom is 0.275 e. The first kappa shape index (κ1) is 24.9. The maximum atomic E-state index is 13.5. The lowest BCUT2D eigenvalue weighted by Crippen LogP contribution is -2.37. The monoisotopic (exact) mass is 484 g/mol. The summed E-state index contributed by atoms with van der Waals surface area (Å²) in [6.07, 6.45) is 0. The molecule has 1 heterocycles. The SMILES string of the molecule is CN[C@@H](C)C(=O)Nc1ccc(-c2ccccc2)n(Cc2cccc(NCc3ccc(F)cc3)c2)c1=O. The van der Waals surface area contributed by atoms with E-state index in [0.29, 0.717) is 13.1 Å². The van der Waals surface area contributed by atoms with Gasteiger partial charge in [0.25, 0.3) is 5.56 Å². The Morgan fingerprint density at radius 2 is 1.67 bits per heavy atom. The zero-order valence-electron chi connectivity index (χ0n) is 20.3. The van der Waals surface area contributed by atoms with Crippen molar-refractivity contribution in [3.63, 3.8) is 0 Å². The van der Waals surface area contributed by atoms with E-state index in [2.05, 4.69) is 16.0 Å². The number of halogens is 1. The quantitative estimate of drug-likeness (QED) is 0.317. The summed E-state index contributed by atoms with van der Waals surface area (Å²) in [7, 11) is 1.69.